The fourth-order valence-corrected chi connectivity index (χ4v) is 3.47. The van der Waals surface area contributed by atoms with Crippen LogP contribution in [-0.4, -0.2) is 30.4 Å². The summed E-state index contributed by atoms with van der Waals surface area (Å²) in [4.78, 5) is 3.88. The quantitative estimate of drug-likeness (QED) is 0.882. The summed E-state index contributed by atoms with van der Waals surface area (Å²) in [5, 5.41) is 3.44. The zero-order valence-corrected chi connectivity index (χ0v) is 10.7. The van der Waals surface area contributed by atoms with Crippen LogP contribution in [0.3, 0.4) is 0 Å². The van der Waals surface area contributed by atoms with E-state index in [0.29, 0.717) is 0 Å². The molecule has 2 heterocycles. The molecule has 0 radical (unpaired) electrons. The van der Waals surface area contributed by atoms with Crippen LogP contribution < -0.4 is 5.32 Å². The van der Waals surface area contributed by atoms with Crippen LogP contribution in [-0.2, 0) is 0 Å². The van der Waals surface area contributed by atoms with E-state index in [1.165, 1.54) is 36.5 Å². The van der Waals surface area contributed by atoms with Gasteiger partial charge in [0.05, 0.1) is 5.88 Å². The molecule has 1 fully saturated rings. The summed E-state index contributed by atoms with van der Waals surface area (Å²) in [5.74, 6) is 1.95. The van der Waals surface area contributed by atoms with E-state index >= 15 is 0 Å². The lowest BCUT2D eigenvalue weighted by atomic mass is 10.1. The largest absolute Gasteiger partial charge is 0.367 e. The van der Waals surface area contributed by atoms with Crippen LogP contribution in [0.2, 0.25) is 0 Å². The van der Waals surface area contributed by atoms with Gasteiger partial charge in [0.1, 0.15) is 0 Å². The van der Waals surface area contributed by atoms with Gasteiger partial charge in [0.2, 0.25) is 0 Å². The van der Waals surface area contributed by atoms with Gasteiger partial charge in [-0.2, -0.15) is 0 Å². The zero-order chi connectivity index (χ0) is 11.5. The molecule has 1 unspecified atom stereocenters. The summed E-state index contributed by atoms with van der Waals surface area (Å²) < 4.78 is 0. The highest BCUT2D eigenvalue weighted by Crippen LogP contribution is 2.34. The van der Waals surface area contributed by atoms with Crippen LogP contribution in [0.1, 0.15) is 12.0 Å². The molecular weight excluding hydrogens is 228 g/mol. The highest BCUT2D eigenvalue weighted by atomic mass is 32.2. The zero-order valence-electron chi connectivity index (χ0n) is 9.93. The van der Waals surface area contributed by atoms with Crippen LogP contribution in [0, 0.1) is 5.92 Å². The first-order valence-corrected chi connectivity index (χ1v) is 7.25. The first-order valence-electron chi connectivity index (χ1n) is 6.26. The molecule has 1 aromatic rings. The maximum absolute atomic E-state index is 3.44. The maximum Gasteiger partial charge on any atom is 0.0681 e. The lowest BCUT2D eigenvalue weighted by Gasteiger charge is -2.18. The van der Waals surface area contributed by atoms with E-state index in [4.69, 9.17) is 0 Å². The van der Waals surface area contributed by atoms with Crippen molar-refractivity contribution in [3.05, 3.63) is 42.1 Å². The molecule has 1 atom stereocenters. The van der Waals surface area contributed by atoms with Crippen molar-refractivity contribution in [3.8, 4) is 0 Å². The van der Waals surface area contributed by atoms with Crippen molar-refractivity contribution < 1.29 is 0 Å². The lowest BCUT2D eigenvalue weighted by Crippen LogP contribution is -2.24. The van der Waals surface area contributed by atoms with Crippen molar-refractivity contribution in [2.75, 3.05) is 25.5 Å². The standard InChI is InChI=1S/C14H18N2S/c1-2-4-13(5-3-1)14-10-16(11-17-14)9-12-6-7-15-8-12/h1-5,10,12,15H,6-9,11H2. The van der Waals surface area contributed by atoms with Crippen molar-refractivity contribution >= 4 is 16.7 Å². The second-order valence-corrected chi connectivity index (χ2v) is 5.75. The van der Waals surface area contributed by atoms with Crippen molar-refractivity contribution in [1.29, 1.82) is 0 Å². The van der Waals surface area contributed by atoms with Gasteiger partial charge < -0.3 is 10.2 Å². The average Bonchev–Trinajstić information content (AvgIpc) is 3.02. The normalized spacial score (nSPS) is 24.1. The van der Waals surface area contributed by atoms with Crippen LogP contribution in [0.15, 0.2) is 36.5 Å². The SMILES string of the molecule is C1=C(c2ccccc2)SCN1CC1CCNC1. The molecule has 1 aromatic carbocycles. The molecule has 2 nitrogen and oxygen atoms in total. The monoisotopic (exact) mass is 246 g/mol. The van der Waals surface area contributed by atoms with Gasteiger partial charge in [-0.25, -0.2) is 0 Å². The van der Waals surface area contributed by atoms with Crippen molar-refractivity contribution in [3.63, 3.8) is 0 Å². The molecule has 1 saturated heterocycles. The van der Waals surface area contributed by atoms with Gasteiger partial charge >= 0.3 is 0 Å². The second kappa shape index (κ2) is 5.15. The van der Waals surface area contributed by atoms with E-state index in [9.17, 15) is 0 Å². The van der Waals surface area contributed by atoms with Crippen LogP contribution >= 0.6 is 11.8 Å². The first kappa shape index (κ1) is 11.2. The Morgan fingerprint density at radius 1 is 1.29 bits per heavy atom. The number of rotatable bonds is 3. The molecule has 90 valence electrons. The van der Waals surface area contributed by atoms with E-state index in [1.54, 1.807) is 0 Å². The van der Waals surface area contributed by atoms with E-state index in [-0.39, 0.29) is 0 Å². The predicted molar refractivity (Wildman–Crippen MR) is 74.6 cm³/mol. The van der Waals surface area contributed by atoms with E-state index in [0.717, 1.165) is 11.8 Å². The Kier molecular flexibility index (Phi) is 3.39. The minimum atomic E-state index is 0.835. The van der Waals surface area contributed by atoms with Gasteiger partial charge in [-0.1, -0.05) is 30.3 Å². The molecule has 3 rings (SSSR count). The Hall–Kier alpha value is -0.930. The summed E-state index contributed by atoms with van der Waals surface area (Å²) in [5.41, 5.74) is 1.35. The highest BCUT2D eigenvalue weighted by Gasteiger charge is 2.20. The number of thioether (sulfide) groups is 1. The summed E-state index contributed by atoms with van der Waals surface area (Å²) in [6.45, 7) is 3.59. The Morgan fingerprint density at radius 2 is 2.18 bits per heavy atom. The van der Waals surface area contributed by atoms with Gasteiger partial charge in [-0.3, -0.25) is 0 Å². The van der Waals surface area contributed by atoms with Gasteiger partial charge in [0.25, 0.3) is 0 Å². The van der Waals surface area contributed by atoms with Gasteiger partial charge in [0.15, 0.2) is 0 Å². The number of nitrogens with one attached hydrogen (secondary N) is 1. The molecule has 3 heteroatoms. The smallest absolute Gasteiger partial charge is 0.0681 e. The number of hydrogen-bond donors (Lipinski definition) is 1. The molecule has 1 N–H and O–H groups in total. The molecule has 2 aliphatic rings. The molecule has 0 saturated carbocycles. The predicted octanol–water partition coefficient (Wildman–Crippen LogP) is 2.60. The molecule has 17 heavy (non-hydrogen) atoms. The minimum absolute atomic E-state index is 0.835. The van der Waals surface area contributed by atoms with Gasteiger partial charge in [-0.05, 0) is 31.0 Å². The van der Waals surface area contributed by atoms with Crippen molar-refractivity contribution in [2.24, 2.45) is 5.92 Å². The van der Waals surface area contributed by atoms with Gasteiger partial charge in [-0.15, -0.1) is 11.8 Å². The highest BCUT2D eigenvalue weighted by molar-refractivity contribution is 8.08. The molecular formula is C14H18N2S. The van der Waals surface area contributed by atoms with Crippen molar-refractivity contribution in [1.82, 2.24) is 10.2 Å². The Bertz CT molecular complexity index is 396. The number of nitrogens with zero attached hydrogens (tertiary/aromatic N) is 1. The third-order valence-electron chi connectivity index (χ3n) is 3.40. The Balaban J connectivity index is 1.64. The third-order valence-corrected chi connectivity index (χ3v) is 4.51. The Labute approximate surface area is 107 Å². The minimum Gasteiger partial charge on any atom is -0.367 e. The third kappa shape index (κ3) is 2.67. The summed E-state index contributed by atoms with van der Waals surface area (Å²) in [6, 6.07) is 10.7. The summed E-state index contributed by atoms with van der Waals surface area (Å²) in [7, 11) is 0. The van der Waals surface area contributed by atoms with Crippen LogP contribution in [0.25, 0.3) is 4.91 Å². The second-order valence-electron chi connectivity index (χ2n) is 4.76. The first-order chi connectivity index (χ1) is 8.42. The van der Waals surface area contributed by atoms with Gasteiger partial charge in [0, 0.05) is 17.6 Å². The van der Waals surface area contributed by atoms with E-state index < -0.39 is 0 Å². The van der Waals surface area contributed by atoms with Crippen molar-refractivity contribution in [2.45, 2.75) is 6.42 Å². The molecule has 0 amide bonds. The van der Waals surface area contributed by atoms with E-state index in [2.05, 4.69) is 46.7 Å². The molecule has 0 aliphatic carbocycles. The lowest BCUT2D eigenvalue weighted by molar-refractivity contribution is 0.366. The van der Waals surface area contributed by atoms with E-state index in [1.807, 2.05) is 11.8 Å². The molecule has 0 aromatic heterocycles. The molecule has 0 spiro atoms. The summed E-state index contributed by atoms with van der Waals surface area (Å²) >= 11 is 1.95. The number of hydrogen-bond acceptors (Lipinski definition) is 3. The maximum atomic E-state index is 3.44. The van der Waals surface area contributed by atoms with Crippen LogP contribution in [0.5, 0.6) is 0 Å². The Morgan fingerprint density at radius 3 is 2.94 bits per heavy atom. The molecule has 0 bridgehead atoms. The summed E-state index contributed by atoms with van der Waals surface area (Å²) in [6.07, 6.45) is 3.66. The molecule has 2 aliphatic heterocycles. The number of benzene rings is 1. The fraction of sp³-hybridized carbons (Fsp3) is 0.429. The average molecular weight is 246 g/mol. The fourth-order valence-electron chi connectivity index (χ4n) is 2.46. The topological polar surface area (TPSA) is 15.3 Å². The van der Waals surface area contributed by atoms with Crippen LogP contribution in [0.4, 0.5) is 0 Å².